The van der Waals surface area contributed by atoms with E-state index in [1.165, 1.54) is 19.5 Å². The second-order valence-corrected chi connectivity index (χ2v) is 5.56. The lowest BCUT2D eigenvalue weighted by Crippen LogP contribution is -2.29. The fourth-order valence-electron chi connectivity index (χ4n) is 2.73. The van der Waals surface area contributed by atoms with Crippen LogP contribution in [-0.4, -0.2) is 45.2 Å². The molecule has 102 valence electrons. The normalized spacial score (nSPS) is 20.5. The van der Waals surface area contributed by atoms with Gasteiger partial charge in [-0.25, -0.2) is 9.50 Å². The molecular formula is C14H21N5. The van der Waals surface area contributed by atoms with Crippen LogP contribution in [0, 0.1) is 5.92 Å². The molecule has 3 heterocycles. The second-order valence-electron chi connectivity index (χ2n) is 5.56. The van der Waals surface area contributed by atoms with Crippen LogP contribution in [0.25, 0.3) is 5.52 Å². The molecule has 3 rings (SSSR count). The lowest BCUT2D eigenvalue weighted by Gasteiger charge is -2.20. The molecule has 0 spiro atoms. The van der Waals surface area contributed by atoms with Gasteiger partial charge in [-0.1, -0.05) is 0 Å². The summed E-state index contributed by atoms with van der Waals surface area (Å²) in [4.78, 5) is 6.95. The Hall–Kier alpha value is -1.62. The zero-order valence-electron chi connectivity index (χ0n) is 11.6. The number of fused-ring (bicyclic) bond motifs is 1. The largest absolute Gasteiger partial charge is 0.368 e. The number of nitrogens with zero attached hydrogens (tertiary/aromatic N) is 4. The number of likely N-dealkylation sites (tertiary alicyclic amines) is 1. The first-order valence-electron chi connectivity index (χ1n) is 7.00. The maximum Gasteiger partial charge on any atom is 0.152 e. The summed E-state index contributed by atoms with van der Waals surface area (Å²) in [6.45, 7) is 7.93. The van der Waals surface area contributed by atoms with E-state index < -0.39 is 0 Å². The Labute approximate surface area is 113 Å². The summed E-state index contributed by atoms with van der Waals surface area (Å²) < 4.78 is 1.85. The Balaban J connectivity index is 1.62. The van der Waals surface area contributed by atoms with Gasteiger partial charge in [-0.2, -0.15) is 5.10 Å². The molecule has 19 heavy (non-hydrogen) atoms. The molecule has 1 aliphatic rings. The molecule has 1 aliphatic heterocycles. The summed E-state index contributed by atoms with van der Waals surface area (Å²) in [5, 5.41) is 7.70. The standard InChI is InChI=1S/C14H21N5/c1-11(2)18-7-4-12(10-18)9-16-14-13-3-5-17-19(13)8-6-15-14/h3,5-6,8,11-12H,4,7,9-10H2,1-2H3,(H,15,16). The molecule has 1 fully saturated rings. The molecule has 1 saturated heterocycles. The molecule has 1 N–H and O–H groups in total. The van der Waals surface area contributed by atoms with Crippen LogP contribution in [0.2, 0.25) is 0 Å². The Morgan fingerprint density at radius 2 is 2.32 bits per heavy atom. The molecule has 5 heteroatoms. The van der Waals surface area contributed by atoms with Gasteiger partial charge in [0.25, 0.3) is 0 Å². The molecule has 0 saturated carbocycles. The van der Waals surface area contributed by atoms with E-state index in [0.29, 0.717) is 12.0 Å². The molecule has 2 aromatic rings. The summed E-state index contributed by atoms with van der Waals surface area (Å²) in [5.74, 6) is 1.65. The molecule has 1 atom stereocenters. The number of anilines is 1. The van der Waals surface area contributed by atoms with E-state index in [4.69, 9.17) is 0 Å². The smallest absolute Gasteiger partial charge is 0.152 e. The first-order chi connectivity index (χ1) is 9.24. The van der Waals surface area contributed by atoms with Crippen LogP contribution in [0.5, 0.6) is 0 Å². The van der Waals surface area contributed by atoms with Crippen molar-refractivity contribution in [2.45, 2.75) is 26.3 Å². The van der Waals surface area contributed by atoms with Gasteiger partial charge in [0.1, 0.15) is 5.52 Å². The van der Waals surface area contributed by atoms with Crippen molar-refractivity contribution in [3.8, 4) is 0 Å². The minimum atomic E-state index is 0.654. The Kier molecular flexibility index (Phi) is 3.38. The fourth-order valence-corrected chi connectivity index (χ4v) is 2.73. The van der Waals surface area contributed by atoms with E-state index >= 15 is 0 Å². The van der Waals surface area contributed by atoms with Crippen molar-refractivity contribution in [3.63, 3.8) is 0 Å². The van der Waals surface area contributed by atoms with Gasteiger partial charge in [-0.3, -0.25) is 0 Å². The van der Waals surface area contributed by atoms with E-state index in [1.54, 1.807) is 12.4 Å². The van der Waals surface area contributed by atoms with Crippen molar-refractivity contribution in [1.29, 1.82) is 0 Å². The monoisotopic (exact) mass is 259 g/mol. The van der Waals surface area contributed by atoms with Crippen LogP contribution in [0.1, 0.15) is 20.3 Å². The Morgan fingerprint density at radius 3 is 3.11 bits per heavy atom. The van der Waals surface area contributed by atoms with Gasteiger partial charge in [-0.15, -0.1) is 0 Å². The molecule has 5 nitrogen and oxygen atoms in total. The highest BCUT2D eigenvalue weighted by Gasteiger charge is 2.24. The number of rotatable bonds is 4. The van der Waals surface area contributed by atoms with Crippen LogP contribution in [-0.2, 0) is 0 Å². The highest BCUT2D eigenvalue weighted by Crippen LogP contribution is 2.20. The van der Waals surface area contributed by atoms with Crippen molar-refractivity contribution in [2.24, 2.45) is 5.92 Å². The first kappa shape index (κ1) is 12.4. The Bertz CT molecular complexity index is 548. The van der Waals surface area contributed by atoms with Gasteiger partial charge < -0.3 is 10.2 Å². The summed E-state index contributed by atoms with van der Waals surface area (Å²) in [7, 11) is 0. The summed E-state index contributed by atoms with van der Waals surface area (Å²) in [6.07, 6.45) is 6.74. The first-order valence-corrected chi connectivity index (χ1v) is 7.00. The minimum Gasteiger partial charge on any atom is -0.368 e. The lowest BCUT2D eigenvalue weighted by molar-refractivity contribution is 0.266. The zero-order chi connectivity index (χ0) is 13.2. The fraction of sp³-hybridized carbons (Fsp3) is 0.571. The van der Waals surface area contributed by atoms with E-state index in [1.807, 2.05) is 16.8 Å². The summed E-state index contributed by atoms with van der Waals surface area (Å²) in [5.41, 5.74) is 1.04. The average molecular weight is 259 g/mol. The Morgan fingerprint density at radius 1 is 1.42 bits per heavy atom. The maximum atomic E-state index is 4.41. The molecule has 2 aromatic heterocycles. The van der Waals surface area contributed by atoms with Crippen LogP contribution < -0.4 is 5.32 Å². The molecular weight excluding hydrogens is 238 g/mol. The highest BCUT2D eigenvalue weighted by molar-refractivity contribution is 5.66. The predicted molar refractivity (Wildman–Crippen MR) is 76.3 cm³/mol. The molecule has 0 aliphatic carbocycles. The maximum absolute atomic E-state index is 4.41. The summed E-state index contributed by atoms with van der Waals surface area (Å²) >= 11 is 0. The number of hydrogen-bond acceptors (Lipinski definition) is 4. The van der Waals surface area contributed by atoms with E-state index in [9.17, 15) is 0 Å². The molecule has 0 aromatic carbocycles. The van der Waals surface area contributed by atoms with Crippen LogP contribution >= 0.6 is 0 Å². The van der Waals surface area contributed by atoms with E-state index in [2.05, 4.69) is 34.1 Å². The van der Waals surface area contributed by atoms with Gasteiger partial charge in [0.15, 0.2) is 5.82 Å². The number of aromatic nitrogens is 3. The molecule has 0 amide bonds. The predicted octanol–water partition coefficient (Wildman–Crippen LogP) is 1.87. The SMILES string of the molecule is CC(C)N1CCC(CNc2nccn3nccc23)C1. The van der Waals surface area contributed by atoms with Crippen LogP contribution in [0.15, 0.2) is 24.7 Å². The van der Waals surface area contributed by atoms with Crippen molar-refractivity contribution < 1.29 is 0 Å². The van der Waals surface area contributed by atoms with E-state index in [0.717, 1.165) is 17.9 Å². The third-order valence-electron chi connectivity index (χ3n) is 3.93. The molecule has 1 unspecified atom stereocenters. The van der Waals surface area contributed by atoms with Crippen LogP contribution in [0.4, 0.5) is 5.82 Å². The van der Waals surface area contributed by atoms with Crippen molar-refractivity contribution in [3.05, 3.63) is 24.7 Å². The summed E-state index contributed by atoms with van der Waals surface area (Å²) in [6, 6.07) is 2.64. The van der Waals surface area contributed by atoms with Gasteiger partial charge in [-0.05, 0) is 38.8 Å². The lowest BCUT2D eigenvalue weighted by atomic mass is 10.1. The number of nitrogens with one attached hydrogen (secondary N) is 1. The topological polar surface area (TPSA) is 45.5 Å². The van der Waals surface area contributed by atoms with Crippen LogP contribution in [0.3, 0.4) is 0 Å². The molecule has 0 radical (unpaired) electrons. The van der Waals surface area contributed by atoms with Crippen molar-refractivity contribution in [1.82, 2.24) is 19.5 Å². The number of hydrogen-bond donors (Lipinski definition) is 1. The minimum absolute atomic E-state index is 0.654. The zero-order valence-corrected chi connectivity index (χ0v) is 11.6. The quantitative estimate of drug-likeness (QED) is 0.910. The van der Waals surface area contributed by atoms with E-state index in [-0.39, 0.29) is 0 Å². The third-order valence-corrected chi connectivity index (χ3v) is 3.93. The van der Waals surface area contributed by atoms with Gasteiger partial charge >= 0.3 is 0 Å². The van der Waals surface area contributed by atoms with Crippen molar-refractivity contribution in [2.75, 3.05) is 25.0 Å². The highest BCUT2D eigenvalue weighted by atomic mass is 15.2. The van der Waals surface area contributed by atoms with Gasteiger partial charge in [0, 0.05) is 31.5 Å². The molecule has 0 bridgehead atoms. The average Bonchev–Trinajstić information content (AvgIpc) is 3.05. The van der Waals surface area contributed by atoms with Crippen molar-refractivity contribution >= 4 is 11.3 Å². The van der Waals surface area contributed by atoms with Gasteiger partial charge in [0.05, 0.1) is 6.20 Å². The van der Waals surface area contributed by atoms with Gasteiger partial charge in [0.2, 0.25) is 0 Å². The third kappa shape index (κ3) is 2.56. The second kappa shape index (κ2) is 5.17.